The molecule has 0 aliphatic heterocycles. The van der Waals surface area contributed by atoms with Crippen molar-refractivity contribution in [1.82, 2.24) is 0 Å². The molecule has 6 heteroatoms. The second-order valence-corrected chi connectivity index (χ2v) is 5.42. The molecule has 0 aliphatic rings. The van der Waals surface area contributed by atoms with E-state index in [2.05, 4.69) is 21.1 Å². The molecule has 0 saturated carbocycles. The zero-order valence-electron chi connectivity index (χ0n) is 11.4. The molecule has 0 aromatic heterocycles. The largest absolute Gasteiger partial charge is 0.409 e. The molecule has 110 valence electrons. The van der Waals surface area contributed by atoms with Crippen molar-refractivity contribution < 1.29 is 9.60 Å². The molecule has 21 heavy (non-hydrogen) atoms. The van der Waals surface area contributed by atoms with E-state index in [9.17, 15) is 4.39 Å². The average molecular weight is 352 g/mol. The molecule has 0 saturated heterocycles. The van der Waals surface area contributed by atoms with Gasteiger partial charge >= 0.3 is 0 Å². The summed E-state index contributed by atoms with van der Waals surface area (Å²) >= 11 is 3.48. The Morgan fingerprint density at radius 2 is 2.00 bits per heavy atom. The summed E-state index contributed by atoms with van der Waals surface area (Å²) in [5.41, 5.74) is 7.28. The van der Waals surface area contributed by atoms with Crippen molar-refractivity contribution in [2.45, 2.75) is 6.54 Å². The Bertz CT molecular complexity index is 676. The predicted molar refractivity (Wildman–Crippen MR) is 85.2 cm³/mol. The van der Waals surface area contributed by atoms with Gasteiger partial charge in [-0.05, 0) is 23.8 Å². The van der Waals surface area contributed by atoms with Crippen LogP contribution in [-0.4, -0.2) is 18.1 Å². The van der Waals surface area contributed by atoms with Crippen molar-refractivity contribution in [3.05, 3.63) is 63.9 Å². The van der Waals surface area contributed by atoms with Crippen LogP contribution in [-0.2, 0) is 6.54 Å². The van der Waals surface area contributed by atoms with E-state index in [1.807, 2.05) is 36.2 Å². The number of benzene rings is 2. The molecule has 0 aliphatic carbocycles. The highest BCUT2D eigenvalue weighted by molar-refractivity contribution is 9.10. The summed E-state index contributed by atoms with van der Waals surface area (Å²) in [7, 11) is 1.82. The molecule has 0 fully saturated rings. The number of nitrogens with two attached hydrogens (primary N) is 1. The third-order valence-electron chi connectivity index (χ3n) is 3.13. The number of hydrogen-bond donors (Lipinski definition) is 2. The van der Waals surface area contributed by atoms with E-state index in [1.54, 1.807) is 12.1 Å². The van der Waals surface area contributed by atoms with Gasteiger partial charge in [0.1, 0.15) is 5.82 Å². The van der Waals surface area contributed by atoms with Crippen LogP contribution in [0.2, 0.25) is 0 Å². The van der Waals surface area contributed by atoms with Gasteiger partial charge in [0, 0.05) is 18.1 Å². The van der Waals surface area contributed by atoms with Crippen molar-refractivity contribution in [2.75, 3.05) is 11.9 Å². The lowest BCUT2D eigenvalue weighted by molar-refractivity contribution is 0.318. The van der Waals surface area contributed by atoms with Crippen LogP contribution in [0, 0.1) is 5.82 Å². The van der Waals surface area contributed by atoms with Crippen molar-refractivity contribution >= 4 is 27.5 Å². The quantitative estimate of drug-likeness (QED) is 0.384. The summed E-state index contributed by atoms with van der Waals surface area (Å²) in [6.45, 7) is 0.552. The molecular formula is C15H15BrFN3O. The summed E-state index contributed by atoms with van der Waals surface area (Å²) in [5.74, 6) is -0.774. The first-order chi connectivity index (χ1) is 10.0. The van der Waals surface area contributed by atoms with Gasteiger partial charge in [0.05, 0.1) is 11.3 Å². The molecule has 0 radical (unpaired) electrons. The highest BCUT2D eigenvalue weighted by Crippen LogP contribution is 2.25. The summed E-state index contributed by atoms with van der Waals surface area (Å²) in [4.78, 5) is 1.84. The van der Waals surface area contributed by atoms with E-state index in [-0.39, 0.29) is 11.4 Å². The minimum Gasteiger partial charge on any atom is -0.409 e. The van der Waals surface area contributed by atoms with Gasteiger partial charge in [-0.25, -0.2) is 4.39 Å². The Balaban J connectivity index is 2.38. The molecule has 0 spiro atoms. The molecule has 0 unspecified atom stereocenters. The number of anilines is 1. The Labute approximate surface area is 130 Å². The Hall–Kier alpha value is -2.08. The minimum absolute atomic E-state index is 0.0922. The molecule has 2 rings (SSSR count). The summed E-state index contributed by atoms with van der Waals surface area (Å²) in [6, 6.07) is 12.4. The van der Waals surface area contributed by atoms with Gasteiger partial charge in [-0.15, -0.1) is 0 Å². The molecule has 2 aromatic rings. The summed E-state index contributed by atoms with van der Waals surface area (Å²) in [5, 5.41) is 11.7. The van der Waals surface area contributed by atoms with Gasteiger partial charge in [0.2, 0.25) is 0 Å². The van der Waals surface area contributed by atoms with Crippen LogP contribution in [0.3, 0.4) is 0 Å². The molecule has 2 aromatic carbocycles. The molecule has 0 amide bonds. The second kappa shape index (κ2) is 6.58. The van der Waals surface area contributed by atoms with Crippen LogP contribution in [0.25, 0.3) is 0 Å². The maximum Gasteiger partial charge on any atom is 0.175 e. The first-order valence-electron chi connectivity index (χ1n) is 6.25. The topological polar surface area (TPSA) is 61.8 Å². The van der Waals surface area contributed by atoms with Crippen molar-refractivity contribution in [3.63, 3.8) is 0 Å². The molecule has 0 atom stereocenters. The standard InChI is InChI=1S/C15H15BrFN3O/c1-20(9-10-5-2-3-6-11(10)16)13-8-4-7-12(17)14(13)15(18)19-21/h2-8,21H,9H2,1H3,(H2,18,19). The fourth-order valence-electron chi connectivity index (χ4n) is 2.10. The average Bonchev–Trinajstić information content (AvgIpc) is 2.48. The Morgan fingerprint density at radius 1 is 1.29 bits per heavy atom. The fourth-order valence-corrected chi connectivity index (χ4v) is 2.51. The smallest absolute Gasteiger partial charge is 0.175 e. The van der Waals surface area contributed by atoms with Crippen molar-refractivity contribution in [3.8, 4) is 0 Å². The maximum atomic E-state index is 14.0. The van der Waals surface area contributed by atoms with Crippen LogP contribution in [0.15, 0.2) is 52.1 Å². The molecule has 0 heterocycles. The highest BCUT2D eigenvalue weighted by atomic mass is 79.9. The lowest BCUT2D eigenvalue weighted by Gasteiger charge is -2.23. The number of oxime groups is 1. The summed E-state index contributed by atoms with van der Waals surface area (Å²) in [6.07, 6.45) is 0. The zero-order chi connectivity index (χ0) is 15.4. The normalized spacial score (nSPS) is 11.5. The SMILES string of the molecule is CN(Cc1ccccc1Br)c1cccc(F)c1C(N)=NO. The number of hydrogen-bond acceptors (Lipinski definition) is 3. The number of rotatable bonds is 4. The first-order valence-corrected chi connectivity index (χ1v) is 7.05. The maximum absolute atomic E-state index is 14.0. The number of nitrogens with zero attached hydrogens (tertiary/aromatic N) is 2. The van der Waals surface area contributed by atoms with Gasteiger partial charge in [-0.1, -0.05) is 45.4 Å². The van der Waals surface area contributed by atoms with Gasteiger partial charge in [0.25, 0.3) is 0 Å². The van der Waals surface area contributed by atoms with Crippen molar-refractivity contribution in [2.24, 2.45) is 10.9 Å². The Morgan fingerprint density at radius 3 is 2.67 bits per heavy atom. The van der Waals surface area contributed by atoms with Crippen LogP contribution in [0.5, 0.6) is 0 Å². The van der Waals surface area contributed by atoms with E-state index in [1.165, 1.54) is 6.07 Å². The molecule has 3 N–H and O–H groups in total. The third-order valence-corrected chi connectivity index (χ3v) is 3.91. The van der Waals surface area contributed by atoms with Crippen LogP contribution in [0.4, 0.5) is 10.1 Å². The highest BCUT2D eigenvalue weighted by Gasteiger charge is 2.16. The second-order valence-electron chi connectivity index (χ2n) is 4.57. The van der Waals surface area contributed by atoms with E-state index >= 15 is 0 Å². The lowest BCUT2D eigenvalue weighted by Crippen LogP contribution is -2.24. The Kier molecular flexibility index (Phi) is 4.80. The predicted octanol–water partition coefficient (Wildman–Crippen LogP) is 3.32. The zero-order valence-corrected chi connectivity index (χ0v) is 13.0. The third kappa shape index (κ3) is 3.33. The van der Waals surface area contributed by atoms with Gasteiger partial charge in [-0.3, -0.25) is 0 Å². The van der Waals surface area contributed by atoms with Crippen molar-refractivity contribution in [1.29, 1.82) is 0 Å². The van der Waals surface area contributed by atoms with E-state index < -0.39 is 5.82 Å². The van der Waals surface area contributed by atoms with E-state index in [4.69, 9.17) is 10.9 Å². The minimum atomic E-state index is -0.526. The number of amidine groups is 1. The van der Waals surface area contributed by atoms with Gasteiger partial charge in [-0.2, -0.15) is 0 Å². The van der Waals surface area contributed by atoms with Gasteiger partial charge < -0.3 is 15.8 Å². The van der Waals surface area contributed by atoms with Crippen LogP contribution < -0.4 is 10.6 Å². The first kappa shape index (κ1) is 15.3. The fraction of sp³-hybridized carbons (Fsp3) is 0.133. The van der Waals surface area contributed by atoms with Crippen LogP contribution >= 0.6 is 15.9 Å². The monoisotopic (exact) mass is 351 g/mol. The van der Waals surface area contributed by atoms with E-state index in [0.29, 0.717) is 12.2 Å². The van der Waals surface area contributed by atoms with Gasteiger partial charge in [0.15, 0.2) is 5.84 Å². The molecule has 0 bridgehead atoms. The molecular weight excluding hydrogens is 337 g/mol. The lowest BCUT2D eigenvalue weighted by atomic mass is 10.1. The summed E-state index contributed by atoms with van der Waals surface area (Å²) < 4.78 is 14.9. The van der Waals surface area contributed by atoms with E-state index in [0.717, 1.165) is 10.0 Å². The van der Waals surface area contributed by atoms with Crippen LogP contribution in [0.1, 0.15) is 11.1 Å². The molecule has 4 nitrogen and oxygen atoms in total. The number of halogens is 2.